The van der Waals surface area contributed by atoms with Gasteiger partial charge in [0.2, 0.25) is 5.91 Å². The van der Waals surface area contributed by atoms with E-state index < -0.39 is 11.6 Å². The summed E-state index contributed by atoms with van der Waals surface area (Å²) >= 11 is 7.44. The molecule has 7 nitrogen and oxygen atoms in total. The molecule has 0 bridgehead atoms. The summed E-state index contributed by atoms with van der Waals surface area (Å²) in [5, 5.41) is 4.88. The molecule has 4 aromatic rings. The van der Waals surface area contributed by atoms with Gasteiger partial charge >= 0.3 is 5.69 Å². The van der Waals surface area contributed by atoms with Crippen molar-refractivity contribution in [2.75, 3.05) is 12.4 Å². The molecule has 0 radical (unpaired) electrons. The van der Waals surface area contributed by atoms with Crippen molar-refractivity contribution >= 4 is 44.7 Å². The monoisotopic (exact) mass is 469 g/mol. The average molecular weight is 470 g/mol. The van der Waals surface area contributed by atoms with Gasteiger partial charge in [0.15, 0.2) is 0 Å². The van der Waals surface area contributed by atoms with E-state index >= 15 is 0 Å². The first-order valence-electron chi connectivity index (χ1n) is 9.77. The second-order valence-electron chi connectivity index (χ2n) is 7.28. The van der Waals surface area contributed by atoms with Crippen LogP contribution in [0.25, 0.3) is 10.2 Å². The normalized spacial score (nSPS) is 11.0. The van der Waals surface area contributed by atoms with Crippen molar-refractivity contribution in [3.63, 3.8) is 0 Å². The maximum Gasteiger partial charge on any atom is 0.332 e. The predicted molar refractivity (Wildman–Crippen MR) is 127 cm³/mol. The zero-order valence-electron chi connectivity index (χ0n) is 17.4. The minimum absolute atomic E-state index is 0.0636. The lowest BCUT2D eigenvalue weighted by Crippen LogP contribution is -2.41. The fourth-order valence-electron chi connectivity index (χ4n) is 3.43. The highest BCUT2D eigenvalue weighted by atomic mass is 35.5. The number of halogens is 1. The lowest BCUT2D eigenvalue weighted by atomic mass is 10.2. The predicted octanol–water partition coefficient (Wildman–Crippen LogP) is 3.88. The zero-order chi connectivity index (χ0) is 22.8. The van der Waals surface area contributed by atoms with Crippen molar-refractivity contribution in [2.45, 2.75) is 20.0 Å². The van der Waals surface area contributed by atoms with E-state index in [0.29, 0.717) is 26.7 Å². The van der Waals surface area contributed by atoms with Gasteiger partial charge in [0.1, 0.15) is 17.0 Å². The number of nitrogens with zero attached hydrogens (tertiary/aromatic N) is 2. The van der Waals surface area contributed by atoms with Crippen molar-refractivity contribution in [1.29, 1.82) is 0 Å². The van der Waals surface area contributed by atoms with E-state index in [2.05, 4.69) is 5.32 Å². The highest BCUT2D eigenvalue weighted by molar-refractivity contribution is 7.17. The number of carbonyl (C=O) groups is 1. The molecule has 0 aliphatic rings. The minimum atomic E-state index is -0.561. The van der Waals surface area contributed by atoms with Gasteiger partial charge in [-0.05, 0) is 53.8 Å². The number of ether oxygens (including phenoxy) is 1. The molecule has 0 aliphatic heterocycles. The van der Waals surface area contributed by atoms with Crippen LogP contribution in [0, 0.1) is 6.92 Å². The van der Waals surface area contributed by atoms with Gasteiger partial charge < -0.3 is 10.1 Å². The third-order valence-corrected chi connectivity index (χ3v) is 6.22. The van der Waals surface area contributed by atoms with Gasteiger partial charge in [-0.15, -0.1) is 11.3 Å². The van der Waals surface area contributed by atoms with E-state index in [4.69, 9.17) is 16.3 Å². The Kier molecular flexibility index (Phi) is 6.16. The highest BCUT2D eigenvalue weighted by Crippen LogP contribution is 2.23. The van der Waals surface area contributed by atoms with Gasteiger partial charge in [-0.2, -0.15) is 0 Å². The van der Waals surface area contributed by atoms with Crippen LogP contribution in [0.1, 0.15) is 11.1 Å². The van der Waals surface area contributed by atoms with Crippen LogP contribution in [-0.4, -0.2) is 22.2 Å². The number of rotatable bonds is 6. The smallest absolute Gasteiger partial charge is 0.332 e. The number of hydrogen-bond acceptors (Lipinski definition) is 5. The molecule has 32 heavy (non-hydrogen) atoms. The molecular formula is C23H20ClN3O4S. The molecule has 164 valence electrons. The second kappa shape index (κ2) is 9.02. The Labute approximate surface area is 192 Å². The molecule has 1 N–H and O–H groups in total. The number of aryl methyl sites for hydroxylation is 1. The Hall–Kier alpha value is -3.36. The van der Waals surface area contributed by atoms with E-state index in [9.17, 15) is 14.4 Å². The number of aromatic nitrogens is 2. The molecule has 0 saturated carbocycles. The number of carbonyl (C=O) groups excluding carboxylic acids is 1. The summed E-state index contributed by atoms with van der Waals surface area (Å²) in [6.45, 7) is 1.71. The summed E-state index contributed by atoms with van der Waals surface area (Å²) in [6.07, 6.45) is 0. The lowest BCUT2D eigenvalue weighted by Gasteiger charge is -2.13. The Morgan fingerprint density at radius 2 is 1.94 bits per heavy atom. The van der Waals surface area contributed by atoms with E-state index in [-0.39, 0.29) is 18.6 Å². The summed E-state index contributed by atoms with van der Waals surface area (Å²) < 4.78 is 8.09. The molecule has 9 heteroatoms. The van der Waals surface area contributed by atoms with Crippen molar-refractivity contribution in [3.05, 3.63) is 90.9 Å². The fourth-order valence-corrected chi connectivity index (χ4v) is 4.56. The van der Waals surface area contributed by atoms with E-state index in [1.54, 1.807) is 48.9 Å². The topological polar surface area (TPSA) is 82.3 Å². The first-order valence-corrected chi connectivity index (χ1v) is 11.0. The number of anilines is 1. The van der Waals surface area contributed by atoms with Crippen LogP contribution in [0.4, 0.5) is 5.69 Å². The molecule has 2 heterocycles. The van der Waals surface area contributed by atoms with Gasteiger partial charge in [-0.1, -0.05) is 29.8 Å². The zero-order valence-corrected chi connectivity index (χ0v) is 19.0. The summed E-state index contributed by atoms with van der Waals surface area (Å²) in [6, 6.07) is 14.1. The number of hydrogen-bond donors (Lipinski definition) is 1. The standard InChI is InChI=1S/C23H20ClN3O4S/c1-14-6-7-18(17(24)10-14)25-20(28)13-26-19-8-9-32-21(19)22(29)27(23(26)30)12-15-4-3-5-16(11-15)31-2/h3-11H,12-13H2,1-2H3,(H,25,28). The third-order valence-electron chi connectivity index (χ3n) is 5.01. The van der Waals surface area contributed by atoms with Crippen molar-refractivity contribution < 1.29 is 9.53 Å². The second-order valence-corrected chi connectivity index (χ2v) is 8.60. The molecule has 4 rings (SSSR count). The van der Waals surface area contributed by atoms with Gasteiger partial charge in [0.05, 0.1) is 29.9 Å². The van der Waals surface area contributed by atoms with Crippen molar-refractivity contribution in [1.82, 2.24) is 9.13 Å². The Morgan fingerprint density at radius 1 is 1.12 bits per heavy atom. The molecule has 1 amide bonds. The SMILES string of the molecule is COc1cccc(Cn2c(=O)c3sccc3n(CC(=O)Nc3ccc(C)cc3Cl)c2=O)c1. The Morgan fingerprint density at radius 3 is 2.69 bits per heavy atom. The molecule has 0 aliphatic carbocycles. The van der Waals surface area contributed by atoms with Crippen LogP contribution in [-0.2, 0) is 17.9 Å². The van der Waals surface area contributed by atoms with Gasteiger partial charge in [0.25, 0.3) is 5.56 Å². The highest BCUT2D eigenvalue weighted by Gasteiger charge is 2.17. The molecule has 0 fully saturated rings. The first kappa shape index (κ1) is 21.9. The van der Waals surface area contributed by atoms with Crippen molar-refractivity contribution in [2.24, 2.45) is 0 Å². The largest absolute Gasteiger partial charge is 0.497 e. The summed E-state index contributed by atoms with van der Waals surface area (Å²) in [5.41, 5.74) is 1.64. The molecule has 0 atom stereocenters. The lowest BCUT2D eigenvalue weighted by molar-refractivity contribution is -0.116. The molecule has 0 spiro atoms. The maximum absolute atomic E-state index is 13.3. The number of amides is 1. The van der Waals surface area contributed by atoms with E-state index in [1.807, 2.05) is 19.1 Å². The van der Waals surface area contributed by atoms with Crippen LogP contribution in [0.2, 0.25) is 5.02 Å². The molecule has 2 aromatic carbocycles. The summed E-state index contributed by atoms with van der Waals surface area (Å²) in [4.78, 5) is 39.0. The van der Waals surface area contributed by atoms with Crippen LogP contribution in [0.15, 0.2) is 63.5 Å². The molecule has 0 saturated heterocycles. The fraction of sp³-hybridized carbons (Fsp3) is 0.174. The number of fused-ring (bicyclic) bond motifs is 1. The minimum Gasteiger partial charge on any atom is -0.497 e. The van der Waals surface area contributed by atoms with Crippen molar-refractivity contribution in [3.8, 4) is 5.75 Å². The maximum atomic E-state index is 13.3. The van der Waals surface area contributed by atoms with Gasteiger partial charge in [0, 0.05) is 0 Å². The Bertz CT molecular complexity index is 1440. The third kappa shape index (κ3) is 4.32. The van der Waals surface area contributed by atoms with Crippen LogP contribution >= 0.6 is 22.9 Å². The Balaban J connectivity index is 1.71. The van der Waals surface area contributed by atoms with Gasteiger partial charge in [-0.25, -0.2) is 4.79 Å². The average Bonchev–Trinajstić information content (AvgIpc) is 3.26. The number of thiophene rings is 1. The number of benzene rings is 2. The first-order chi connectivity index (χ1) is 15.4. The van der Waals surface area contributed by atoms with Crippen LogP contribution in [0.5, 0.6) is 5.75 Å². The molecular weight excluding hydrogens is 450 g/mol. The summed E-state index contributed by atoms with van der Waals surface area (Å²) in [5.74, 6) is 0.208. The number of nitrogens with one attached hydrogen (secondary N) is 1. The summed E-state index contributed by atoms with van der Waals surface area (Å²) in [7, 11) is 1.55. The van der Waals surface area contributed by atoms with Gasteiger partial charge in [-0.3, -0.25) is 18.7 Å². The molecule has 2 aromatic heterocycles. The van der Waals surface area contributed by atoms with E-state index in [0.717, 1.165) is 15.7 Å². The van der Waals surface area contributed by atoms with E-state index in [1.165, 1.54) is 15.9 Å². The number of methoxy groups -OCH3 is 1. The van der Waals surface area contributed by atoms with Crippen LogP contribution < -0.4 is 21.3 Å². The van der Waals surface area contributed by atoms with Crippen LogP contribution in [0.3, 0.4) is 0 Å². The quantitative estimate of drug-likeness (QED) is 0.464. The molecule has 0 unspecified atom stereocenters.